The lowest BCUT2D eigenvalue weighted by atomic mass is 10.0. The highest BCUT2D eigenvalue weighted by Gasteiger charge is 2.20. The van der Waals surface area contributed by atoms with Crippen LogP contribution in [0.15, 0.2) is 91.0 Å². The molecule has 5 aromatic rings. The van der Waals surface area contributed by atoms with Gasteiger partial charge in [-0.15, -0.1) is 0 Å². The molecule has 0 fully saturated rings. The molecule has 4 nitrogen and oxygen atoms in total. The largest absolute Gasteiger partial charge is 0.342 e. The minimum Gasteiger partial charge on any atom is -0.342 e. The monoisotopic (exact) mass is 439 g/mol. The molecular weight excluding hydrogens is 418 g/mol. The molecule has 0 radical (unpaired) electrons. The number of hydrogen-bond donors (Lipinski definition) is 1. The van der Waals surface area contributed by atoms with E-state index >= 15 is 0 Å². The first-order valence-corrected chi connectivity index (χ1v) is 11.0. The molecule has 1 atom stereocenters. The molecule has 1 heterocycles. The fourth-order valence-corrected chi connectivity index (χ4v) is 4.40. The van der Waals surface area contributed by atoms with E-state index in [1.54, 1.807) is 18.2 Å². The minimum absolute atomic E-state index is 0.216. The average Bonchev–Trinajstić information content (AvgIpc) is 3.18. The molecule has 1 unspecified atom stereocenters. The van der Waals surface area contributed by atoms with Crippen LogP contribution in [0.5, 0.6) is 0 Å². The van der Waals surface area contributed by atoms with Crippen LogP contribution in [0.4, 0.5) is 0 Å². The van der Waals surface area contributed by atoms with Gasteiger partial charge < -0.3 is 9.88 Å². The molecule has 5 heteroatoms. The van der Waals surface area contributed by atoms with E-state index in [0.717, 1.165) is 16.9 Å². The zero-order valence-electron chi connectivity index (χ0n) is 17.6. The highest BCUT2D eigenvalue weighted by molar-refractivity contribution is 6.33. The van der Waals surface area contributed by atoms with E-state index in [9.17, 15) is 4.79 Å². The van der Waals surface area contributed by atoms with Gasteiger partial charge >= 0.3 is 0 Å². The molecule has 0 saturated heterocycles. The van der Waals surface area contributed by atoms with Crippen molar-refractivity contribution in [2.24, 2.45) is 0 Å². The van der Waals surface area contributed by atoms with E-state index in [1.165, 1.54) is 16.3 Å². The third-order valence-corrected chi connectivity index (χ3v) is 6.08. The van der Waals surface area contributed by atoms with Gasteiger partial charge in [-0.25, -0.2) is 4.98 Å². The summed E-state index contributed by atoms with van der Waals surface area (Å²) in [7, 11) is 0. The number of nitrogens with one attached hydrogen (secondary N) is 1. The second kappa shape index (κ2) is 8.48. The Balaban J connectivity index is 1.54. The molecule has 0 aliphatic carbocycles. The highest BCUT2D eigenvalue weighted by Crippen LogP contribution is 2.26. The van der Waals surface area contributed by atoms with Crippen LogP contribution in [-0.4, -0.2) is 15.5 Å². The number of carbonyl (C=O) groups is 1. The number of rotatable bonds is 5. The quantitative estimate of drug-likeness (QED) is 0.345. The van der Waals surface area contributed by atoms with Gasteiger partial charge in [-0.1, -0.05) is 78.3 Å². The fraction of sp³-hybridized carbons (Fsp3) is 0.111. The summed E-state index contributed by atoms with van der Waals surface area (Å²) in [6.07, 6.45) is 0. The van der Waals surface area contributed by atoms with Crippen molar-refractivity contribution < 1.29 is 4.79 Å². The van der Waals surface area contributed by atoms with Gasteiger partial charge in [0.15, 0.2) is 0 Å². The van der Waals surface area contributed by atoms with Crippen molar-refractivity contribution in [2.45, 2.75) is 19.5 Å². The van der Waals surface area contributed by atoms with Gasteiger partial charge in [-0.2, -0.15) is 0 Å². The molecule has 158 valence electrons. The van der Waals surface area contributed by atoms with E-state index in [-0.39, 0.29) is 11.9 Å². The van der Waals surface area contributed by atoms with Gasteiger partial charge in [-0.3, -0.25) is 4.79 Å². The number of halogens is 1. The number of aromatic nitrogens is 2. The molecule has 1 aromatic heterocycles. The maximum absolute atomic E-state index is 12.9. The van der Waals surface area contributed by atoms with Gasteiger partial charge in [0.1, 0.15) is 5.82 Å². The van der Waals surface area contributed by atoms with Crippen LogP contribution in [0.2, 0.25) is 5.02 Å². The molecule has 5 rings (SSSR count). The van der Waals surface area contributed by atoms with Gasteiger partial charge in [0.05, 0.1) is 34.2 Å². The van der Waals surface area contributed by atoms with Gasteiger partial charge in [0.25, 0.3) is 5.91 Å². The Morgan fingerprint density at radius 2 is 1.66 bits per heavy atom. The average molecular weight is 440 g/mol. The molecule has 32 heavy (non-hydrogen) atoms. The lowest BCUT2D eigenvalue weighted by molar-refractivity contribution is 0.0938. The molecule has 4 aromatic carbocycles. The number of carbonyl (C=O) groups excluding carboxylic acids is 1. The summed E-state index contributed by atoms with van der Waals surface area (Å²) >= 11 is 6.23. The molecule has 0 aliphatic heterocycles. The van der Waals surface area contributed by atoms with Crippen LogP contribution in [0.25, 0.3) is 21.8 Å². The number of fused-ring (bicyclic) bond motifs is 2. The Hall–Kier alpha value is -3.63. The summed E-state index contributed by atoms with van der Waals surface area (Å²) in [6, 6.07) is 29.6. The van der Waals surface area contributed by atoms with Crippen LogP contribution in [0.3, 0.4) is 0 Å². The van der Waals surface area contributed by atoms with Crippen LogP contribution in [0.1, 0.15) is 34.7 Å². The summed E-state index contributed by atoms with van der Waals surface area (Å²) in [5.41, 5.74) is 3.60. The zero-order chi connectivity index (χ0) is 22.1. The van der Waals surface area contributed by atoms with Crippen molar-refractivity contribution in [3.8, 4) is 0 Å². The smallest absolute Gasteiger partial charge is 0.253 e. The Kier molecular flexibility index (Phi) is 5.38. The zero-order valence-corrected chi connectivity index (χ0v) is 18.4. The maximum atomic E-state index is 12.9. The molecule has 1 N–H and O–H groups in total. The molecule has 0 spiro atoms. The second-order valence-corrected chi connectivity index (χ2v) is 8.27. The molecular formula is C27H22ClN3O. The third kappa shape index (κ3) is 3.74. The Morgan fingerprint density at radius 1 is 0.938 bits per heavy atom. The number of para-hydroxylation sites is 2. The van der Waals surface area contributed by atoms with E-state index in [0.29, 0.717) is 17.1 Å². The van der Waals surface area contributed by atoms with Crippen molar-refractivity contribution >= 4 is 39.3 Å². The second-order valence-electron chi connectivity index (χ2n) is 7.86. The summed E-state index contributed by atoms with van der Waals surface area (Å²) in [5.74, 6) is 0.589. The van der Waals surface area contributed by atoms with Crippen molar-refractivity contribution in [1.82, 2.24) is 14.9 Å². The Labute approximate surface area is 191 Å². The normalized spacial score (nSPS) is 12.2. The third-order valence-electron chi connectivity index (χ3n) is 5.75. The van der Waals surface area contributed by atoms with Crippen molar-refractivity contribution in [3.63, 3.8) is 0 Å². The van der Waals surface area contributed by atoms with Crippen LogP contribution in [0, 0.1) is 0 Å². The molecule has 0 aliphatic rings. The Bertz CT molecular complexity index is 1430. The maximum Gasteiger partial charge on any atom is 0.253 e. The van der Waals surface area contributed by atoms with Gasteiger partial charge in [0.2, 0.25) is 0 Å². The highest BCUT2D eigenvalue weighted by atomic mass is 35.5. The van der Waals surface area contributed by atoms with Crippen LogP contribution >= 0.6 is 11.6 Å². The van der Waals surface area contributed by atoms with E-state index in [1.807, 2.05) is 31.2 Å². The summed E-state index contributed by atoms with van der Waals surface area (Å²) in [4.78, 5) is 17.7. The van der Waals surface area contributed by atoms with Crippen LogP contribution < -0.4 is 5.32 Å². The summed E-state index contributed by atoms with van der Waals surface area (Å²) in [6.45, 7) is 2.61. The predicted molar refractivity (Wildman–Crippen MR) is 130 cm³/mol. The van der Waals surface area contributed by atoms with Crippen molar-refractivity contribution in [2.75, 3.05) is 0 Å². The molecule has 0 saturated carbocycles. The summed E-state index contributed by atoms with van der Waals surface area (Å²) in [5, 5.41) is 5.92. The lowest BCUT2D eigenvalue weighted by Gasteiger charge is -2.17. The number of amides is 1. The van der Waals surface area contributed by atoms with Crippen LogP contribution in [-0.2, 0) is 6.54 Å². The van der Waals surface area contributed by atoms with Crippen molar-refractivity contribution in [1.29, 1.82) is 0 Å². The lowest BCUT2D eigenvalue weighted by Crippen LogP contribution is -2.29. The topological polar surface area (TPSA) is 46.9 Å². The summed E-state index contributed by atoms with van der Waals surface area (Å²) < 4.78 is 2.19. The van der Waals surface area contributed by atoms with Crippen molar-refractivity contribution in [3.05, 3.63) is 113 Å². The predicted octanol–water partition coefficient (Wildman–Crippen LogP) is 6.38. The van der Waals surface area contributed by atoms with E-state index in [2.05, 4.69) is 58.4 Å². The minimum atomic E-state index is -0.304. The number of hydrogen-bond acceptors (Lipinski definition) is 2. The Morgan fingerprint density at radius 3 is 2.53 bits per heavy atom. The first-order valence-electron chi connectivity index (χ1n) is 10.6. The van der Waals surface area contributed by atoms with Gasteiger partial charge in [-0.05, 0) is 47.5 Å². The molecule has 1 amide bonds. The standard InChI is InChI=1S/C27H22ClN3O/c1-18(29-27(32)22-13-4-5-14-23(22)28)26-30-24-15-6-7-16-25(24)31(26)17-20-11-8-10-19-9-2-3-12-21(19)20/h2-16,18H,17H2,1H3,(H,29,32). The number of benzene rings is 4. The first kappa shape index (κ1) is 20.3. The SMILES string of the molecule is CC(NC(=O)c1ccccc1Cl)c1nc2ccccc2n1Cc1cccc2ccccc12. The van der Waals surface area contributed by atoms with Gasteiger partial charge in [0, 0.05) is 0 Å². The fourth-order valence-electron chi connectivity index (χ4n) is 4.18. The number of imidazole rings is 1. The van der Waals surface area contributed by atoms with E-state index in [4.69, 9.17) is 16.6 Å². The van der Waals surface area contributed by atoms with E-state index < -0.39 is 0 Å². The number of nitrogens with zero attached hydrogens (tertiary/aromatic N) is 2. The molecule has 0 bridgehead atoms. The first-order chi connectivity index (χ1) is 15.6.